The number of nitrogens with zero attached hydrogens (tertiary/aromatic N) is 1. The van der Waals surface area contributed by atoms with Crippen molar-refractivity contribution in [1.29, 1.82) is 0 Å². The van der Waals surface area contributed by atoms with Gasteiger partial charge in [-0.15, -0.1) is 0 Å². The standard InChI is InChI=1S/C8H14N2O2/c1-3-10-6-4-5(9-2)7(6)8(11)12/h3,5-7,9H,4H2,1-2H3,(H,11,12)/p+1. The molecule has 0 heterocycles. The zero-order valence-corrected chi connectivity index (χ0v) is 7.37. The van der Waals surface area contributed by atoms with Crippen LogP contribution < -0.4 is 5.32 Å². The van der Waals surface area contributed by atoms with Gasteiger partial charge >= 0.3 is 5.97 Å². The summed E-state index contributed by atoms with van der Waals surface area (Å²) in [7, 11) is 1.81. The Kier molecular flexibility index (Phi) is 2.81. The van der Waals surface area contributed by atoms with Crippen molar-refractivity contribution in [3.8, 4) is 0 Å². The molecule has 4 nitrogen and oxygen atoms in total. The predicted octanol–water partition coefficient (Wildman–Crippen LogP) is -0.695. The molecule has 0 aliphatic heterocycles. The molecule has 1 saturated carbocycles. The fourth-order valence-corrected chi connectivity index (χ4v) is 1.63. The Morgan fingerprint density at radius 2 is 2.42 bits per heavy atom. The van der Waals surface area contributed by atoms with Crippen LogP contribution in [-0.4, -0.2) is 36.4 Å². The summed E-state index contributed by atoms with van der Waals surface area (Å²) < 4.78 is 0. The zero-order valence-electron chi connectivity index (χ0n) is 7.37. The maximum atomic E-state index is 10.8. The van der Waals surface area contributed by atoms with Crippen LogP contribution in [0, 0.1) is 5.92 Å². The van der Waals surface area contributed by atoms with Crippen molar-refractivity contribution in [2.24, 2.45) is 10.9 Å². The minimum Gasteiger partial charge on any atom is -0.564 e. The second-order valence-corrected chi connectivity index (χ2v) is 3.00. The van der Waals surface area contributed by atoms with E-state index in [1.807, 2.05) is 14.0 Å². The number of carbonyl (C=O) groups excluding carboxylic acids is 1. The number of nitrogens with one attached hydrogen (secondary N) is 1. The highest BCUT2D eigenvalue weighted by Crippen LogP contribution is 2.30. The fraction of sp³-hybridized carbons (Fsp3) is 0.750. The highest BCUT2D eigenvalue weighted by Gasteiger charge is 2.49. The molecule has 0 amide bonds. The topological polar surface area (TPSA) is 64.4 Å². The molecule has 3 N–H and O–H groups in total. The molecule has 1 aliphatic carbocycles. The molecule has 12 heavy (non-hydrogen) atoms. The lowest BCUT2D eigenvalue weighted by Gasteiger charge is -2.36. The Bertz CT molecular complexity index is 203. The van der Waals surface area contributed by atoms with E-state index >= 15 is 0 Å². The molecule has 0 aromatic heterocycles. The van der Waals surface area contributed by atoms with Crippen molar-refractivity contribution in [3.63, 3.8) is 0 Å². The van der Waals surface area contributed by atoms with E-state index in [4.69, 9.17) is 5.11 Å². The van der Waals surface area contributed by atoms with Crippen LogP contribution in [0.25, 0.3) is 0 Å². The summed E-state index contributed by atoms with van der Waals surface area (Å²) in [5, 5.41) is 10.0. The lowest BCUT2D eigenvalue weighted by Crippen LogP contribution is -2.55. The second-order valence-electron chi connectivity index (χ2n) is 3.00. The van der Waals surface area contributed by atoms with Gasteiger partial charge < -0.3 is 10.4 Å². The number of hydrogen-bond acceptors (Lipinski definition) is 3. The fourth-order valence-electron chi connectivity index (χ4n) is 1.63. The molecule has 1 rings (SSSR count). The van der Waals surface area contributed by atoms with Gasteiger partial charge in [0.25, 0.3) is 0 Å². The third kappa shape index (κ3) is 1.48. The van der Waals surface area contributed by atoms with Crippen LogP contribution in [0.1, 0.15) is 13.3 Å². The smallest absolute Gasteiger partial charge is 0.522 e. The Labute approximate surface area is 71.7 Å². The molecule has 0 saturated heterocycles. The van der Waals surface area contributed by atoms with E-state index in [1.165, 1.54) is 0 Å². The van der Waals surface area contributed by atoms with Gasteiger partial charge in [-0.3, -0.25) is 4.99 Å². The van der Waals surface area contributed by atoms with Gasteiger partial charge in [-0.2, -0.15) is 0 Å². The average Bonchev–Trinajstić information content (AvgIpc) is 1.95. The summed E-state index contributed by atoms with van der Waals surface area (Å²) in [5.41, 5.74) is 0. The van der Waals surface area contributed by atoms with Crippen molar-refractivity contribution in [2.45, 2.75) is 25.4 Å². The van der Waals surface area contributed by atoms with Gasteiger partial charge in [-0.1, -0.05) is 0 Å². The van der Waals surface area contributed by atoms with Crippen molar-refractivity contribution >= 4 is 12.2 Å². The zero-order chi connectivity index (χ0) is 9.14. The predicted molar refractivity (Wildman–Crippen MR) is 47.5 cm³/mol. The summed E-state index contributed by atoms with van der Waals surface area (Å²) in [5.74, 6) is -0.734. The number of hydrogen-bond donors (Lipinski definition) is 1. The van der Waals surface area contributed by atoms with Crippen LogP contribution in [0.4, 0.5) is 0 Å². The van der Waals surface area contributed by atoms with Gasteiger partial charge in [0.05, 0.1) is 6.04 Å². The second kappa shape index (κ2) is 3.67. The first-order chi connectivity index (χ1) is 5.70. The van der Waals surface area contributed by atoms with Gasteiger partial charge in [0.2, 0.25) is 0 Å². The first kappa shape index (κ1) is 9.19. The highest BCUT2D eigenvalue weighted by atomic mass is 16.4. The molecule has 0 spiro atoms. The number of aliphatic imine (C=N–C) groups is 1. The van der Waals surface area contributed by atoms with Crippen molar-refractivity contribution in [2.75, 3.05) is 7.05 Å². The number of carbonyl (C=O) groups is 1. The molecule has 4 heteroatoms. The van der Waals surface area contributed by atoms with Crippen molar-refractivity contribution < 1.29 is 9.90 Å². The van der Waals surface area contributed by atoms with Crippen LogP contribution in [0.5, 0.6) is 0 Å². The maximum absolute atomic E-state index is 10.8. The molecule has 0 radical (unpaired) electrons. The monoisotopic (exact) mass is 171 g/mol. The molecule has 1 fully saturated rings. The van der Waals surface area contributed by atoms with Crippen LogP contribution >= 0.6 is 0 Å². The van der Waals surface area contributed by atoms with Crippen LogP contribution in [0.2, 0.25) is 0 Å². The van der Waals surface area contributed by atoms with E-state index in [-0.39, 0.29) is 18.0 Å². The van der Waals surface area contributed by atoms with E-state index in [0.717, 1.165) is 6.42 Å². The summed E-state index contributed by atoms with van der Waals surface area (Å²) in [6, 6.07) is 0.196. The minimum absolute atomic E-state index is 0.0393. The summed E-state index contributed by atoms with van der Waals surface area (Å²) in [6.45, 7) is 1.83. The van der Waals surface area contributed by atoms with Crippen molar-refractivity contribution in [3.05, 3.63) is 0 Å². The van der Waals surface area contributed by atoms with Crippen LogP contribution in [0.15, 0.2) is 4.99 Å². The maximum Gasteiger partial charge on any atom is 0.522 e. The summed E-state index contributed by atoms with van der Waals surface area (Å²) in [6.07, 6.45) is 2.57. The quantitative estimate of drug-likeness (QED) is 0.451. The number of rotatable bonds is 3. The van der Waals surface area contributed by atoms with Crippen molar-refractivity contribution in [1.82, 2.24) is 5.32 Å². The normalized spacial score (nSPS) is 35.0. The van der Waals surface area contributed by atoms with Gasteiger partial charge in [-0.25, -0.2) is 0 Å². The third-order valence-corrected chi connectivity index (χ3v) is 2.36. The molecule has 0 bridgehead atoms. The summed E-state index contributed by atoms with van der Waals surface area (Å²) in [4.78, 5) is 15.0. The lowest BCUT2D eigenvalue weighted by atomic mass is 9.75. The minimum atomic E-state index is -0.504. The molecular weight excluding hydrogens is 156 g/mol. The molecule has 68 valence electrons. The Hall–Kier alpha value is -0.900. The summed E-state index contributed by atoms with van der Waals surface area (Å²) >= 11 is 0. The van der Waals surface area contributed by atoms with E-state index in [9.17, 15) is 4.79 Å². The molecule has 3 atom stereocenters. The van der Waals surface area contributed by atoms with Gasteiger partial charge in [-0.05, 0) is 26.6 Å². The van der Waals surface area contributed by atoms with Gasteiger partial charge in [0.15, 0.2) is 5.92 Å². The van der Waals surface area contributed by atoms with E-state index in [0.29, 0.717) is 0 Å². The Morgan fingerprint density at radius 1 is 1.75 bits per heavy atom. The molecule has 0 aromatic carbocycles. The first-order valence-corrected chi connectivity index (χ1v) is 4.11. The van der Waals surface area contributed by atoms with Gasteiger partial charge in [0, 0.05) is 10.8 Å². The van der Waals surface area contributed by atoms with E-state index in [1.54, 1.807) is 6.21 Å². The third-order valence-electron chi connectivity index (χ3n) is 2.36. The van der Waals surface area contributed by atoms with Crippen LogP contribution in [0.3, 0.4) is 0 Å². The Morgan fingerprint density at radius 3 is 2.83 bits per heavy atom. The van der Waals surface area contributed by atoms with E-state index in [2.05, 4.69) is 10.3 Å². The average molecular weight is 171 g/mol. The van der Waals surface area contributed by atoms with Gasteiger partial charge in [0.1, 0.15) is 0 Å². The molecule has 3 unspecified atom stereocenters. The largest absolute Gasteiger partial charge is 0.564 e. The Balaban J connectivity index is 2.56. The SMILES string of the molecule is CC=NC1CC(NC)C1C(=O)[OH2+]. The highest BCUT2D eigenvalue weighted by molar-refractivity contribution is 5.74. The molecule has 1 aliphatic rings. The van der Waals surface area contributed by atoms with Crippen LogP contribution in [-0.2, 0) is 4.79 Å². The molecular formula is C8H15N2O2+. The molecule has 0 aromatic rings. The lowest BCUT2D eigenvalue weighted by molar-refractivity contribution is -0.146. The first-order valence-electron chi connectivity index (χ1n) is 4.11. The van der Waals surface area contributed by atoms with E-state index < -0.39 is 5.97 Å².